The topological polar surface area (TPSA) is 34.2 Å². The fourth-order valence-corrected chi connectivity index (χ4v) is 6.56. The van der Waals surface area contributed by atoms with Crippen LogP contribution in [0.5, 0.6) is 0 Å². The summed E-state index contributed by atoms with van der Waals surface area (Å²) < 4.78 is 40.6. The maximum absolute atomic E-state index is 16.4. The Morgan fingerprint density at radius 3 is 2.00 bits per heavy atom. The number of esters is 1. The number of carbonyl (C=O) groups is 1. The summed E-state index contributed by atoms with van der Waals surface area (Å²) in [4.78, 5) is 11.1. The zero-order valence-corrected chi connectivity index (χ0v) is 23.8. The van der Waals surface area contributed by atoms with Crippen LogP contribution in [0.1, 0.15) is 74.7 Å². The number of nitrogens with zero attached hydrogens (tertiary/aromatic N) is 2. The molecular weight excluding hydrogens is 493 g/mol. The Labute approximate surface area is 229 Å². The van der Waals surface area contributed by atoms with E-state index in [1.165, 1.54) is 15.9 Å². The molecule has 7 heteroatoms. The minimum absolute atomic E-state index is 0.245. The van der Waals surface area contributed by atoms with Crippen LogP contribution in [0.15, 0.2) is 65.4 Å². The van der Waals surface area contributed by atoms with Gasteiger partial charge in [0.2, 0.25) is 0 Å². The third kappa shape index (κ3) is 4.10. The van der Waals surface area contributed by atoms with Gasteiger partial charge < -0.3 is 22.3 Å². The summed E-state index contributed by atoms with van der Waals surface area (Å²) in [6.07, 6.45) is 1.41. The second-order valence-electron chi connectivity index (χ2n) is 10.5. The van der Waals surface area contributed by atoms with Crippen molar-refractivity contribution in [3.05, 3.63) is 99.0 Å². The quantitative estimate of drug-likeness (QED) is 0.244. The lowest BCUT2D eigenvalue weighted by molar-refractivity contribution is -0.363. The summed E-state index contributed by atoms with van der Waals surface area (Å²) in [7, 11) is 0. The molecular formula is C32H35BF2N2O2. The lowest BCUT2D eigenvalue weighted by Gasteiger charge is -2.34. The van der Waals surface area contributed by atoms with Crippen molar-refractivity contribution in [3.8, 4) is 11.1 Å². The summed E-state index contributed by atoms with van der Waals surface area (Å²) in [6, 6.07) is 16.1. The van der Waals surface area contributed by atoms with E-state index in [0.717, 1.165) is 50.1 Å². The maximum atomic E-state index is 16.4. The molecule has 0 amide bonds. The number of benzene rings is 2. The molecule has 0 unspecified atom stereocenters. The number of carbonyl (C=O) groups excluding carboxylic acids is 1. The van der Waals surface area contributed by atoms with Crippen LogP contribution in [0.3, 0.4) is 0 Å². The Morgan fingerprint density at radius 2 is 1.46 bits per heavy atom. The van der Waals surface area contributed by atoms with E-state index in [2.05, 4.69) is 0 Å². The van der Waals surface area contributed by atoms with Crippen molar-refractivity contribution in [2.24, 2.45) is 0 Å². The molecule has 39 heavy (non-hydrogen) atoms. The van der Waals surface area contributed by atoms with Gasteiger partial charge in [0.05, 0.1) is 5.57 Å². The highest BCUT2D eigenvalue weighted by Crippen LogP contribution is 2.47. The number of aromatic nitrogens is 1. The van der Waals surface area contributed by atoms with Crippen LogP contribution in [0.4, 0.5) is 8.63 Å². The molecule has 0 aliphatic carbocycles. The zero-order chi connectivity index (χ0) is 28.2. The van der Waals surface area contributed by atoms with Gasteiger partial charge in [0.15, 0.2) is 5.70 Å². The Morgan fingerprint density at radius 1 is 0.897 bits per heavy atom. The molecule has 2 aromatic carbocycles. The summed E-state index contributed by atoms with van der Waals surface area (Å²) >= 11 is 0. The first-order valence-corrected chi connectivity index (χ1v) is 13.7. The minimum Gasteiger partial charge on any atom is -0.461 e. The van der Waals surface area contributed by atoms with Crippen molar-refractivity contribution in [2.45, 2.75) is 67.9 Å². The number of allylic oxidation sites excluding steroid dienone is 2. The van der Waals surface area contributed by atoms with Crippen LogP contribution in [-0.4, -0.2) is 27.6 Å². The lowest BCUT2D eigenvalue weighted by Crippen LogP contribution is -2.51. The SMILES string of the molecule is CCC1=C(C)C2=C(c3ccc(-c4ccc(COC(C)=O)cc4)cc3)c3c(C)c(CC)c(C)n3[B-](F)(F)[N+]2=C1C. The molecule has 2 aliphatic heterocycles. The van der Waals surface area contributed by atoms with E-state index in [0.29, 0.717) is 35.6 Å². The summed E-state index contributed by atoms with van der Waals surface area (Å²) in [5.41, 5.74) is 11.2. The maximum Gasteiger partial charge on any atom is 0.737 e. The van der Waals surface area contributed by atoms with Crippen molar-refractivity contribution in [3.63, 3.8) is 0 Å². The van der Waals surface area contributed by atoms with E-state index in [4.69, 9.17) is 4.74 Å². The van der Waals surface area contributed by atoms with Gasteiger partial charge >= 0.3 is 12.9 Å². The first-order valence-electron chi connectivity index (χ1n) is 13.7. The predicted molar refractivity (Wildman–Crippen MR) is 154 cm³/mol. The van der Waals surface area contributed by atoms with Gasteiger partial charge in [0.25, 0.3) is 0 Å². The van der Waals surface area contributed by atoms with E-state index in [-0.39, 0.29) is 12.6 Å². The molecule has 4 nitrogen and oxygen atoms in total. The Hall–Kier alpha value is -3.74. The zero-order valence-electron chi connectivity index (χ0n) is 23.8. The fraction of sp³-hybridized carbons (Fsp3) is 0.312. The molecule has 0 N–H and O–H groups in total. The highest BCUT2D eigenvalue weighted by molar-refractivity contribution is 6.58. The molecule has 1 aromatic heterocycles. The molecule has 0 atom stereocenters. The van der Waals surface area contributed by atoms with E-state index in [1.807, 2.05) is 90.1 Å². The molecule has 0 saturated carbocycles. The van der Waals surface area contributed by atoms with Crippen LogP contribution < -0.4 is 0 Å². The Balaban J connectivity index is 1.67. The average Bonchev–Trinajstić information content (AvgIpc) is 3.32. The molecule has 2 aliphatic rings. The molecule has 3 heterocycles. The van der Waals surface area contributed by atoms with Crippen LogP contribution in [0.25, 0.3) is 16.7 Å². The number of ether oxygens (including phenoxy) is 1. The predicted octanol–water partition coefficient (Wildman–Crippen LogP) is 7.61. The molecule has 0 fully saturated rings. The molecule has 0 saturated heterocycles. The number of halogens is 2. The van der Waals surface area contributed by atoms with Crippen LogP contribution in [0.2, 0.25) is 0 Å². The average molecular weight is 528 g/mol. The molecule has 202 valence electrons. The number of rotatable bonds is 6. The molecule has 3 aromatic rings. The Bertz CT molecular complexity index is 1590. The van der Waals surface area contributed by atoms with Crippen molar-refractivity contribution in [2.75, 3.05) is 0 Å². The standard InChI is InChI=1S/C32H35BF2N2O2/c1-8-28-19(3)31-30(32-20(4)29(9-2)22(6)37(32)33(34,35)36(31)21(28)5)27-16-14-26(15-17-27)25-12-10-24(11-13-25)18-39-23(7)38/h10-17H,8-9,18H2,1-7H3. The van der Waals surface area contributed by atoms with E-state index in [9.17, 15) is 4.79 Å². The van der Waals surface area contributed by atoms with Crippen molar-refractivity contribution in [1.82, 2.24) is 4.48 Å². The molecule has 5 rings (SSSR count). The molecule has 0 spiro atoms. The summed E-state index contributed by atoms with van der Waals surface area (Å²) in [5, 5.41) is 0. The third-order valence-corrected chi connectivity index (χ3v) is 8.40. The monoisotopic (exact) mass is 528 g/mol. The highest BCUT2D eigenvalue weighted by atomic mass is 19.2. The second kappa shape index (κ2) is 9.78. The summed E-state index contributed by atoms with van der Waals surface area (Å²) in [5.74, 6) is -0.306. The second-order valence-corrected chi connectivity index (χ2v) is 10.5. The first-order chi connectivity index (χ1) is 18.5. The first kappa shape index (κ1) is 26.9. The van der Waals surface area contributed by atoms with Gasteiger partial charge in [-0.15, -0.1) is 0 Å². The highest BCUT2D eigenvalue weighted by Gasteiger charge is 2.56. The van der Waals surface area contributed by atoms with E-state index < -0.39 is 6.97 Å². The minimum atomic E-state index is -4.03. The van der Waals surface area contributed by atoms with E-state index >= 15 is 8.63 Å². The largest absolute Gasteiger partial charge is 0.737 e. The van der Waals surface area contributed by atoms with Gasteiger partial charge in [-0.05, 0) is 72.7 Å². The van der Waals surface area contributed by atoms with Gasteiger partial charge in [-0.2, -0.15) is 0 Å². The van der Waals surface area contributed by atoms with Gasteiger partial charge in [-0.3, -0.25) is 4.79 Å². The fourth-order valence-electron chi connectivity index (χ4n) is 6.56. The van der Waals surface area contributed by atoms with Crippen LogP contribution in [0, 0.1) is 13.8 Å². The number of hydrogen-bond donors (Lipinski definition) is 0. The van der Waals surface area contributed by atoms with Crippen LogP contribution >= 0.6 is 0 Å². The molecule has 0 radical (unpaired) electrons. The van der Waals surface area contributed by atoms with Gasteiger partial charge in [0, 0.05) is 30.7 Å². The lowest BCUT2D eigenvalue weighted by atomic mass is 9.83. The third-order valence-electron chi connectivity index (χ3n) is 8.40. The van der Waals surface area contributed by atoms with Crippen molar-refractivity contribution < 1.29 is 22.6 Å². The van der Waals surface area contributed by atoms with E-state index in [1.54, 1.807) is 0 Å². The number of fused-ring (bicyclic) bond motifs is 2. The van der Waals surface area contributed by atoms with Crippen molar-refractivity contribution in [1.29, 1.82) is 0 Å². The van der Waals surface area contributed by atoms with Crippen LogP contribution in [-0.2, 0) is 22.6 Å². The Kier molecular flexibility index (Phi) is 6.73. The molecule has 0 bridgehead atoms. The van der Waals surface area contributed by atoms with Gasteiger partial charge in [-0.1, -0.05) is 62.4 Å². The smallest absolute Gasteiger partial charge is 0.461 e. The van der Waals surface area contributed by atoms with Crippen molar-refractivity contribution >= 4 is 24.2 Å². The normalized spacial score (nSPS) is 16.1. The van der Waals surface area contributed by atoms with Gasteiger partial charge in [0.1, 0.15) is 12.3 Å². The number of hydrogen-bond acceptors (Lipinski definition) is 2. The summed E-state index contributed by atoms with van der Waals surface area (Å²) in [6.45, 7) is 9.29. The van der Waals surface area contributed by atoms with Gasteiger partial charge in [-0.25, -0.2) is 0 Å².